The van der Waals surface area contributed by atoms with Gasteiger partial charge < -0.3 is 79.5 Å². The third kappa shape index (κ3) is 9.09. The minimum Gasteiger partial charge on any atom is -0.507 e. The van der Waals surface area contributed by atoms with Crippen molar-refractivity contribution in [2.75, 3.05) is 27.4 Å². The van der Waals surface area contributed by atoms with Crippen molar-refractivity contribution in [1.29, 1.82) is 0 Å². The van der Waals surface area contributed by atoms with Crippen LogP contribution in [0.25, 0.3) is 0 Å². The third-order valence-electron chi connectivity index (χ3n) is 16.2. The van der Waals surface area contributed by atoms with Crippen LogP contribution in [-0.2, 0) is 41.4 Å². The molecule has 4 aliphatic carbocycles. The summed E-state index contributed by atoms with van der Waals surface area (Å²) in [7, 11) is 2.56. The number of hydrazine groups is 1. The van der Waals surface area contributed by atoms with Crippen LogP contribution in [0, 0.1) is 0 Å². The lowest BCUT2D eigenvalue weighted by Crippen LogP contribution is -2.60. The number of methoxy groups -OCH3 is 2. The van der Waals surface area contributed by atoms with Gasteiger partial charge in [0.15, 0.2) is 35.7 Å². The first-order valence-electron chi connectivity index (χ1n) is 25.2. The second-order valence-electron chi connectivity index (χ2n) is 20.7. The number of hydrogen-bond acceptors (Lipinski definition) is 24. The van der Waals surface area contributed by atoms with Gasteiger partial charge in [-0.15, -0.1) is 0 Å². The molecule has 8 unspecified atom stereocenters. The number of ether oxygens (including phenoxy) is 6. The molecule has 26 heteroatoms. The first kappa shape index (κ1) is 57.9. The van der Waals surface area contributed by atoms with Crippen molar-refractivity contribution >= 4 is 80.4 Å². The largest absolute Gasteiger partial charge is 0.507 e. The van der Waals surface area contributed by atoms with Gasteiger partial charge in [0.05, 0.1) is 96.3 Å². The van der Waals surface area contributed by atoms with Crippen molar-refractivity contribution < 1.29 is 108 Å². The van der Waals surface area contributed by atoms with Crippen LogP contribution >= 0.6 is 45.7 Å². The summed E-state index contributed by atoms with van der Waals surface area (Å²) in [5.41, 5.74) is -9.00. The molecule has 2 heterocycles. The first-order valence-corrected chi connectivity index (χ1v) is 27.1. The van der Waals surface area contributed by atoms with Gasteiger partial charge >= 0.3 is 0 Å². The summed E-state index contributed by atoms with van der Waals surface area (Å²) in [6.07, 6.45) is -13.7. The molecule has 0 amide bonds. The van der Waals surface area contributed by atoms with E-state index in [0.29, 0.717) is 0 Å². The van der Waals surface area contributed by atoms with Crippen molar-refractivity contribution in [3.8, 4) is 34.5 Å². The molecule has 12 atom stereocenters. The molecule has 0 spiro atoms. The molecule has 2 fully saturated rings. The summed E-state index contributed by atoms with van der Waals surface area (Å²) in [6.45, 7) is 0.749. The molecular formula is C54H54I2N2O22. The average molecular weight is 1340 g/mol. The van der Waals surface area contributed by atoms with Crippen molar-refractivity contribution in [3.05, 3.63) is 103 Å². The molecule has 0 bridgehead atoms. The van der Waals surface area contributed by atoms with E-state index in [4.69, 9.17) is 28.4 Å². The molecule has 426 valence electrons. The molecule has 0 radical (unpaired) electrons. The van der Waals surface area contributed by atoms with Gasteiger partial charge in [-0.05, 0) is 26.0 Å². The van der Waals surface area contributed by atoms with Gasteiger partial charge in [0.2, 0.25) is 11.6 Å². The Balaban J connectivity index is 0.942. The number of rotatable bonds is 13. The highest BCUT2D eigenvalue weighted by molar-refractivity contribution is 14.1. The summed E-state index contributed by atoms with van der Waals surface area (Å²) in [5.74, 6) is -8.83. The van der Waals surface area contributed by atoms with Gasteiger partial charge in [-0.3, -0.25) is 28.8 Å². The van der Waals surface area contributed by atoms with Crippen LogP contribution in [0.3, 0.4) is 0 Å². The maximum absolute atomic E-state index is 14.2. The average Bonchev–Trinajstić information content (AvgIpc) is 3.47. The number of phenols is 4. The SMILES string of the molecule is COc1cccc2c1C(=O)c1c(O)c3c(c(O)c1C2=O)C[C@@](O)(C(=O)CO)C[C@@H]3OC1CC(N(I)N(I)C2CC(O[C@H]3C[C@](O)(C(=O)CO)Cc4c(O)c5c(c(O)c43)C(=O)c3c(OC)cccc3C5=O)OC(C)C2O)C(O)C(C)O1. The molecule has 10 N–H and O–H groups in total. The van der Waals surface area contributed by atoms with E-state index in [1.165, 1.54) is 70.9 Å². The number of aliphatic hydroxyl groups excluding tert-OH is 4. The number of phenolic OH excluding ortho intramolecular Hbond substituents is 4. The molecule has 0 saturated carbocycles. The number of Topliss-reactive ketones (excluding diaryl/α,β-unsaturated/α-hetero) is 2. The van der Waals surface area contributed by atoms with E-state index in [0.717, 1.165) is 0 Å². The van der Waals surface area contributed by atoms with Gasteiger partial charge in [-0.25, -0.2) is 0 Å². The Labute approximate surface area is 482 Å². The predicted molar refractivity (Wildman–Crippen MR) is 287 cm³/mol. The van der Waals surface area contributed by atoms with Gasteiger partial charge in [0.1, 0.15) is 58.9 Å². The van der Waals surface area contributed by atoms with Crippen LogP contribution in [0.4, 0.5) is 0 Å². The van der Waals surface area contributed by atoms with Crippen molar-refractivity contribution in [3.63, 3.8) is 0 Å². The molecule has 4 aromatic rings. The number of halogens is 2. The topological polar surface area (TPSA) is 367 Å². The second kappa shape index (κ2) is 21.5. The maximum Gasteiger partial charge on any atom is 0.202 e. The zero-order valence-electron chi connectivity index (χ0n) is 42.9. The van der Waals surface area contributed by atoms with Crippen LogP contribution in [0.1, 0.15) is 138 Å². The van der Waals surface area contributed by atoms with Crippen LogP contribution < -0.4 is 9.47 Å². The smallest absolute Gasteiger partial charge is 0.202 e. The lowest BCUT2D eigenvalue weighted by molar-refractivity contribution is -0.268. The maximum atomic E-state index is 14.2. The molecule has 4 aromatic carbocycles. The number of benzene rings is 4. The third-order valence-corrected chi connectivity index (χ3v) is 19.4. The number of aromatic hydroxyl groups is 4. The Bertz CT molecular complexity index is 3100. The van der Waals surface area contributed by atoms with E-state index in [-0.39, 0.29) is 68.8 Å². The quantitative estimate of drug-likeness (QED) is 0.0343. The summed E-state index contributed by atoms with van der Waals surface area (Å²) in [6, 6.07) is 6.52. The van der Waals surface area contributed by atoms with Gasteiger partial charge in [-0.1, -0.05) is 24.3 Å². The lowest BCUT2D eigenvalue weighted by atomic mass is 9.72. The van der Waals surface area contributed by atoms with Gasteiger partial charge in [-0.2, -0.15) is 6.44 Å². The number of fused-ring (bicyclic) bond motifs is 6. The lowest BCUT2D eigenvalue weighted by Gasteiger charge is -2.48. The van der Waals surface area contributed by atoms with E-state index in [1.54, 1.807) is 0 Å². The minimum absolute atomic E-state index is 0.0119. The molecule has 80 heavy (non-hydrogen) atoms. The van der Waals surface area contributed by atoms with Crippen molar-refractivity contribution in [2.24, 2.45) is 0 Å². The van der Waals surface area contributed by atoms with Gasteiger partial charge in [0, 0.05) is 118 Å². The minimum atomic E-state index is -2.45. The van der Waals surface area contributed by atoms with Crippen LogP contribution in [-0.4, -0.2) is 180 Å². The highest BCUT2D eigenvalue weighted by Crippen LogP contribution is 2.55. The number of hydrogen-bond donors (Lipinski definition) is 10. The van der Waals surface area contributed by atoms with Crippen molar-refractivity contribution in [2.45, 2.75) is 125 Å². The first-order chi connectivity index (χ1) is 37.9. The monoisotopic (exact) mass is 1340 g/mol. The highest BCUT2D eigenvalue weighted by atomic mass is 127. The molecular weight excluding hydrogens is 1280 g/mol. The predicted octanol–water partition coefficient (Wildman–Crippen LogP) is 2.32. The highest BCUT2D eigenvalue weighted by Gasteiger charge is 2.54. The summed E-state index contributed by atoms with van der Waals surface area (Å²) < 4.78 is 39.0. The standard InChI is InChI=1S/C54H54I2N2O22/c1-19-43(63)25(11-33(77-19)79-29-15-53(73,31(61)17-59)13-23-37(29)51(71)41-39(47(23)67)45(65)21-7-5-9-27(75-3)35(21)49(41)69)57(55)58(56)26-12-34(78-20(2)44(26)64)80-30-16-54(74,32(62)18-60)14-24-38(30)52(72)42-40(48(24)68)46(66)22-8-6-10-28(76-4)36(22)50(42)70/h5-10,19-20,25-26,29-30,33-34,43-44,59-60,63-64,67-68,71-74H,11-18H2,1-4H3/t19?,20?,25?,26?,29-,30-,33?,34?,43?,44?,53-,54-/m0/s1. The summed E-state index contributed by atoms with van der Waals surface area (Å²) >= 11 is 3.78. The zero-order chi connectivity index (χ0) is 57.9. The van der Waals surface area contributed by atoms with E-state index in [1.807, 2.05) is 45.7 Å². The fourth-order valence-corrected chi connectivity index (χ4v) is 13.8. The van der Waals surface area contributed by atoms with E-state index >= 15 is 0 Å². The number of ketones is 6. The number of carbonyl (C=O) groups excluding carboxylic acids is 6. The Kier molecular flexibility index (Phi) is 15.5. The van der Waals surface area contributed by atoms with E-state index in [9.17, 15) is 79.8 Å². The summed E-state index contributed by atoms with van der Waals surface area (Å²) in [5, 5.41) is 115. The molecule has 6 aliphatic rings. The molecule has 0 aromatic heterocycles. The fourth-order valence-electron chi connectivity index (χ4n) is 12.1. The molecule has 10 rings (SSSR count). The molecule has 2 saturated heterocycles. The van der Waals surface area contributed by atoms with Crippen LogP contribution in [0.5, 0.6) is 34.5 Å². The Hall–Kier alpha value is -5.32. The fraction of sp³-hybridized carbons (Fsp3) is 0.444. The second-order valence-corrected chi connectivity index (χ2v) is 22.7. The van der Waals surface area contributed by atoms with E-state index in [2.05, 4.69) is 0 Å². The van der Waals surface area contributed by atoms with Crippen LogP contribution in [0.15, 0.2) is 36.4 Å². The van der Waals surface area contributed by atoms with Gasteiger partial charge in [0.25, 0.3) is 0 Å². The Morgan fingerprint density at radius 1 is 0.588 bits per heavy atom. The molecule has 2 aliphatic heterocycles. The molecule has 24 nitrogen and oxygen atoms in total. The normalized spacial score (nSPS) is 29.8. The van der Waals surface area contributed by atoms with Crippen LogP contribution in [0.2, 0.25) is 0 Å². The Morgan fingerprint density at radius 3 is 1.27 bits per heavy atom. The number of carbonyl (C=O) groups is 6. The van der Waals surface area contributed by atoms with E-state index < -0.39 is 191 Å². The Morgan fingerprint density at radius 2 is 0.938 bits per heavy atom. The zero-order valence-corrected chi connectivity index (χ0v) is 47.2. The number of aliphatic hydroxyl groups is 6. The summed E-state index contributed by atoms with van der Waals surface area (Å²) in [4.78, 5) is 83.0. The number of nitrogens with zero attached hydrogens (tertiary/aromatic N) is 2. The van der Waals surface area contributed by atoms with Crippen molar-refractivity contribution in [1.82, 2.24) is 6.44 Å².